The number of fused-ring (bicyclic) bond motifs is 3. The second kappa shape index (κ2) is 9.22. The number of nitrogens with zero attached hydrogens (tertiary/aromatic N) is 1. The van der Waals surface area contributed by atoms with E-state index in [-0.39, 0.29) is 36.4 Å². The van der Waals surface area contributed by atoms with Gasteiger partial charge < -0.3 is 20.1 Å². The third-order valence-electron chi connectivity index (χ3n) is 7.67. The molecule has 190 valence electrons. The highest BCUT2D eigenvalue weighted by atomic mass is 19.1. The lowest BCUT2D eigenvalue weighted by Gasteiger charge is -2.37. The molecule has 8 heteroatoms. The summed E-state index contributed by atoms with van der Waals surface area (Å²) in [6.45, 7) is 4.96. The molecule has 7 nitrogen and oxygen atoms in total. The maximum Gasteiger partial charge on any atom is 0.303 e. The average Bonchev–Trinajstić information content (AvgIpc) is 3.39. The van der Waals surface area contributed by atoms with Crippen LogP contribution in [0.15, 0.2) is 24.3 Å². The number of hydrogen-bond acceptors (Lipinski definition) is 4. The molecule has 2 N–H and O–H groups in total. The lowest BCUT2D eigenvalue weighted by molar-refractivity contribution is -0.140. The molecule has 36 heavy (non-hydrogen) atoms. The fourth-order valence-corrected chi connectivity index (χ4v) is 5.85. The second-order valence-electron chi connectivity index (χ2n) is 10.6. The Morgan fingerprint density at radius 2 is 1.89 bits per heavy atom. The van der Waals surface area contributed by atoms with Gasteiger partial charge in [-0.2, -0.15) is 0 Å². The predicted octanol–water partition coefficient (Wildman–Crippen LogP) is 4.30. The van der Waals surface area contributed by atoms with E-state index in [2.05, 4.69) is 5.32 Å². The summed E-state index contributed by atoms with van der Waals surface area (Å²) < 4.78 is 20.8. The van der Waals surface area contributed by atoms with Crippen LogP contribution in [0.4, 0.5) is 10.1 Å². The smallest absolute Gasteiger partial charge is 0.303 e. The van der Waals surface area contributed by atoms with Crippen LogP contribution in [0.2, 0.25) is 0 Å². The lowest BCUT2D eigenvalue weighted by Crippen LogP contribution is -2.45. The number of aryl methyl sites for hydroxylation is 1. The first-order valence-corrected chi connectivity index (χ1v) is 12.6. The molecule has 1 aliphatic carbocycles. The number of benzene rings is 2. The molecule has 2 aromatic rings. The van der Waals surface area contributed by atoms with E-state index in [0.29, 0.717) is 30.8 Å². The normalized spacial score (nSPS) is 19.2. The zero-order valence-corrected chi connectivity index (χ0v) is 20.7. The van der Waals surface area contributed by atoms with Crippen LogP contribution >= 0.6 is 0 Å². The molecule has 2 aromatic carbocycles. The quantitative estimate of drug-likeness (QED) is 0.624. The molecule has 0 saturated carbocycles. The molecule has 0 spiro atoms. The van der Waals surface area contributed by atoms with Crippen molar-refractivity contribution in [1.29, 1.82) is 0 Å². The summed E-state index contributed by atoms with van der Waals surface area (Å²) in [4.78, 5) is 39.3. The highest BCUT2D eigenvalue weighted by Crippen LogP contribution is 2.42. The molecule has 0 bridgehead atoms. The number of carbonyl (C=O) groups is 3. The van der Waals surface area contributed by atoms with Crippen molar-refractivity contribution in [3.63, 3.8) is 0 Å². The zero-order valence-electron chi connectivity index (χ0n) is 20.7. The minimum absolute atomic E-state index is 0.0437. The van der Waals surface area contributed by atoms with E-state index < -0.39 is 17.9 Å². The van der Waals surface area contributed by atoms with Crippen molar-refractivity contribution in [1.82, 2.24) is 4.90 Å². The highest BCUT2D eigenvalue weighted by Gasteiger charge is 2.38. The standard InChI is InChI=1S/C28H31FN2O5/c1-28(2)9-6-18-12-19(15-21(29)25(18)28)30-27(35)26-20-13-17-8-11-36-22(17)14-16(20)7-10-31(26)23(32)4-3-5-24(33)34/h12-15,26H,3-11H2,1-2H3,(H,30,35)(H,33,34). The molecule has 1 unspecified atom stereocenters. The number of anilines is 1. The molecule has 2 heterocycles. The van der Waals surface area contributed by atoms with Gasteiger partial charge in [-0.15, -0.1) is 0 Å². The van der Waals surface area contributed by atoms with Crippen LogP contribution in [-0.4, -0.2) is 40.9 Å². The Kier molecular flexibility index (Phi) is 6.22. The monoisotopic (exact) mass is 494 g/mol. The maximum absolute atomic E-state index is 15.1. The molecule has 0 aromatic heterocycles. The Bertz CT molecular complexity index is 1250. The van der Waals surface area contributed by atoms with Gasteiger partial charge in [-0.25, -0.2) is 4.39 Å². The van der Waals surface area contributed by atoms with E-state index in [4.69, 9.17) is 9.84 Å². The van der Waals surface area contributed by atoms with Crippen molar-refractivity contribution >= 4 is 23.5 Å². The molecule has 1 atom stereocenters. The fourth-order valence-electron chi connectivity index (χ4n) is 5.85. The van der Waals surface area contributed by atoms with Gasteiger partial charge in [0.2, 0.25) is 5.91 Å². The first-order valence-electron chi connectivity index (χ1n) is 12.6. The van der Waals surface area contributed by atoms with Gasteiger partial charge in [0.1, 0.15) is 17.6 Å². The van der Waals surface area contributed by atoms with Gasteiger partial charge in [0, 0.05) is 31.5 Å². The summed E-state index contributed by atoms with van der Waals surface area (Å²) in [6, 6.07) is 6.23. The van der Waals surface area contributed by atoms with Crippen molar-refractivity contribution in [2.24, 2.45) is 0 Å². The van der Waals surface area contributed by atoms with Crippen molar-refractivity contribution in [3.8, 4) is 5.75 Å². The first kappa shape index (κ1) is 24.3. The van der Waals surface area contributed by atoms with Crippen LogP contribution in [0.25, 0.3) is 0 Å². The van der Waals surface area contributed by atoms with Crippen molar-refractivity contribution in [2.75, 3.05) is 18.5 Å². The molecule has 0 radical (unpaired) electrons. The first-order chi connectivity index (χ1) is 17.1. The zero-order chi connectivity index (χ0) is 25.6. The number of nitrogens with one attached hydrogen (secondary N) is 1. The maximum atomic E-state index is 15.1. The van der Waals surface area contributed by atoms with Gasteiger partial charge in [-0.3, -0.25) is 14.4 Å². The van der Waals surface area contributed by atoms with Crippen LogP contribution in [0.3, 0.4) is 0 Å². The highest BCUT2D eigenvalue weighted by molar-refractivity contribution is 5.98. The Morgan fingerprint density at radius 3 is 2.67 bits per heavy atom. The summed E-state index contributed by atoms with van der Waals surface area (Å²) in [5.41, 5.74) is 4.43. The van der Waals surface area contributed by atoms with E-state index in [1.165, 1.54) is 11.0 Å². The van der Waals surface area contributed by atoms with Crippen molar-refractivity contribution in [2.45, 2.75) is 70.3 Å². The Hall–Kier alpha value is -3.42. The van der Waals surface area contributed by atoms with Crippen LogP contribution < -0.4 is 10.1 Å². The van der Waals surface area contributed by atoms with Crippen molar-refractivity contribution < 1.29 is 28.6 Å². The largest absolute Gasteiger partial charge is 0.493 e. The minimum Gasteiger partial charge on any atom is -0.493 e. The predicted molar refractivity (Wildman–Crippen MR) is 132 cm³/mol. The number of rotatable bonds is 6. The lowest BCUT2D eigenvalue weighted by atomic mass is 9.86. The Labute approximate surface area is 209 Å². The number of carbonyl (C=O) groups excluding carboxylic acids is 2. The Balaban J connectivity index is 1.46. The SMILES string of the molecule is CC1(C)CCc2cc(NC(=O)C3c4cc5c(cc4CCN3C(=O)CCCC(=O)O)OCC5)cc(F)c21. The number of hydrogen-bond donors (Lipinski definition) is 2. The summed E-state index contributed by atoms with van der Waals surface area (Å²) in [6.07, 6.45) is 3.03. The number of halogens is 1. The second-order valence-corrected chi connectivity index (χ2v) is 10.6. The van der Waals surface area contributed by atoms with Crippen LogP contribution in [0.5, 0.6) is 5.75 Å². The minimum atomic E-state index is -0.960. The van der Waals surface area contributed by atoms with Gasteiger partial charge in [0.05, 0.1) is 6.61 Å². The van der Waals surface area contributed by atoms with Crippen LogP contribution in [0, 0.1) is 5.82 Å². The molecular formula is C28H31FN2O5. The van der Waals surface area contributed by atoms with E-state index in [0.717, 1.165) is 47.3 Å². The fraction of sp³-hybridized carbons (Fsp3) is 0.464. The van der Waals surface area contributed by atoms with E-state index in [1.54, 1.807) is 0 Å². The molecule has 2 amide bonds. The van der Waals surface area contributed by atoms with Gasteiger partial charge in [0.25, 0.3) is 5.91 Å². The van der Waals surface area contributed by atoms with Gasteiger partial charge >= 0.3 is 5.97 Å². The third-order valence-corrected chi connectivity index (χ3v) is 7.67. The van der Waals surface area contributed by atoms with Gasteiger partial charge in [-0.05, 0) is 83.2 Å². The number of ether oxygens (including phenoxy) is 1. The molecule has 5 rings (SSSR count). The molecule has 3 aliphatic rings. The van der Waals surface area contributed by atoms with Crippen LogP contribution in [-0.2, 0) is 39.1 Å². The average molecular weight is 495 g/mol. The number of aliphatic carboxylic acids is 1. The molecule has 0 fully saturated rings. The van der Waals surface area contributed by atoms with E-state index in [1.807, 2.05) is 32.0 Å². The number of carboxylic acid groups (broad SMARTS) is 1. The van der Waals surface area contributed by atoms with Gasteiger partial charge in [0.15, 0.2) is 0 Å². The summed E-state index contributed by atoms with van der Waals surface area (Å²) in [5.74, 6) is -1.14. The van der Waals surface area contributed by atoms with E-state index >= 15 is 4.39 Å². The third kappa shape index (κ3) is 4.45. The van der Waals surface area contributed by atoms with Crippen LogP contribution in [0.1, 0.15) is 73.4 Å². The topological polar surface area (TPSA) is 95.9 Å². The summed E-state index contributed by atoms with van der Waals surface area (Å²) >= 11 is 0. The number of amides is 2. The molecule has 2 aliphatic heterocycles. The molecular weight excluding hydrogens is 463 g/mol. The summed E-state index contributed by atoms with van der Waals surface area (Å²) in [5, 5.41) is 11.8. The van der Waals surface area contributed by atoms with E-state index in [9.17, 15) is 14.4 Å². The molecule has 0 saturated heterocycles. The number of carboxylic acids is 1. The van der Waals surface area contributed by atoms with Crippen molar-refractivity contribution in [3.05, 3.63) is 57.9 Å². The summed E-state index contributed by atoms with van der Waals surface area (Å²) in [7, 11) is 0. The Morgan fingerprint density at radius 1 is 1.08 bits per heavy atom. The van der Waals surface area contributed by atoms with Gasteiger partial charge in [-0.1, -0.05) is 13.8 Å².